The van der Waals surface area contributed by atoms with Gasteiger partial charge in [-0.2, -0.15) is 0 Å². The normalized spacial score (nSPS) is 16.1. The van der Waals surface area contributed by atoms with Gasteiger partial charge in [-0.05, 0) is 65.5 Å². The summed E-state index contributed by atoms with van der Waals surface area (Å²) in [6.07, 6.45) is 3.25. The average Bonchev–Trinajstić information content (AvgIpc) is 3.29. The van der Waals surface area contributed by atoms with E-state index in [0.29, 0.717) is 25.9 Å². The highest BCUT2D eigenvalue weighted by molar-refractivity contribution is 7.60. The standard InChI is InChI=1S/C28H44N3O8P/c1-8-21-18(5)23-16-39-28(35)24(23)25(32)22(21)12-11-17(4)15-29-13-14-40(36,30-19(6)26(33)37-9-2)31-20(7)27(34)38-10-3/h11,19-20,29,32H,8-10,12-16H2,1-7H3,(H2,30,31,36)/b17-11+/t19-,20+,40?. The first kappa shape index (κ1) is 33.5. The Kier molecular flexibility index (Phi) is 12.8. The molecule has 2 rings (SSSR count). The number of cyclic esters (lactones) is 1. The fourth-order valence-corrected chi connectivity index (χ4v) is 6.91. The monoisotopic (exact) mass is 581 g/mol. The molecule has 1 aromatic rings. The van der Waals surface area contributed by atoms with Crippen molar-refractivity contribution in [1.29, 1.82) is 0 Å². The Morgan fingerprint density at radius 2 is 1.65 bits per heavy atom. The zero-order valence-electron chi connectivity index (χ0n) is 24.6. The van der Waals surface area contributed by atoms with Crippen LogP contribution < -0.4 is 15.5 Å². The van der Waals surface area contributed by atoms with Crippen LogP contribution in [0.1, 0.15) is 74.2 Å². The number of aromatic hydroxyl groups is 1. The highest BCUT2D eigenvalue weighted by Gasteiger charge is 2.32. The third-order valence-electron chi connectivity index (χ3n) is 6.75. The molecular weight excluding hydrogens is 537 g/mol. The number of phenols is 1. The number of phenolic OH excluding ortho intramolecular Hbond substituents is 1. The molecule has 12 heteroatoms. The molecular formula is C28H44N3O8P. The SMILES string of the molecule is CCOC(=O)[C@H](C)NP(=O)(CCNC/C(C)=C/Cc1c(O)c2c(c(C)c1CC)COC2=O)N[C@H](C)C(=O)OCC. The molecule has 4 N–H and O–H groups in total. The van der Waals surface area contributed by atoms with Gasteiger partial charge in [0.05, 0.1) is 13.2 Å². The minimum atomic E-state index is -3.41. The van der Waals surface area contributed by atoms with E-state index >= 15 is 0 Å². The van der Waals surface area contributed by atoms with E-state index < -0.39 is 37.4 Å². The van der Waals surface area contributed by atoms with Gasteiger partial charge in [-0.15, -0.1) is 0 Å². The number of carbonyl (C=O) groups excluding carboxylic acids is 3. The van der Waals surface area contributed by atoms with Gasteiger partial charge in [-0.25, -0.2) is 15.0 Å². The van der Waals surface area contributed by atoms with E-state index in [9.17, 15) is 24.1 Å². The summed E-state index contributed by atoms with van der Waals surface area (Å²) < 4.78 is 28.9. The van der Waals surface area contributed by atoms with Gasteiger partial charge < -0.3 is 24.6 Å². The van der Waals surface area contributed by atoms with Crippen LogP contribution >= 0.6 is 7.44 Å². The van der Waals surface area contributed by atoms with Crippen LogP contribution in [-0.4, -0.2) is 67.6 Å². The van der Waals surface area contributed by atoms with E-state index in [1.54, 1.807) is 27.7 Å². The van der Waals surface area contributed by atoms with E-state index in [1.807, 2.05) is 26.8 Å². The Balaban J connectivity index is 2.06. The van der Waals surface area contributed by atoms with Gasteiger partial charge in [0.25, 0.3) is 0 Å². The topological polar surface area (TPSA) is 152 Å². The van der Waals surface area contributed by atoms with Gasteiger partial charge in [0.15, 0.2) is 0 Å². The second-order valence-corrected chi connectivity index (χ2v) is 12.3. The molecule has 0 saturated heterocycles. The molecule has 1 aliphatic heterocycles. The molecule has 0 saturated carbocycles. The predicted molar refractivity (Wildman–Crippen MR) is 153 cm³/mol. The number of ether oxygens (including phenoxy) is 3. The van der Waals surface area contributed by atoms with Crippen LogP contribution in [0.15, 0.2) is 11.6 Å². The van der Waals surface area contributed by atoms with Crippen LogP contribution in [0.25, 0.3) is 0 Å². The summed E-state index contributed by atoms with van der Waals surface area (Å²) in [7, 11) is -3.41. The third-order valence-corrected chi connectivity index (χ3v) is 9.21. The Bertz CT molecular complexity index is 1140. The molecule has 1 aromatic carbocycles. The molecule has 40 heavy (non-hydrogen) atoms. The van der Waals surface area contributed by atoms with Gasteiger partial charge in [0.2, 0.25) is 7.44 Å². The Morgan fingerprint density at radius 3 is 2.17 bits per heavy atom. The second-order valence-electron chi connectivity index (χ2n) is 9.81. The second kappa shape index (κ2) is 15.3. The van der Waals surface area contributed by atoms with E-state index in [0.717, 1.165) is 27.8 Å². The molecule has 11 nitrogen and oxygen atoms in total. The maximum absolute atomic E-state index is 13.7. The molecule has 0 amide bonds. The summed E-state index contributed by atoms with van der Waals surface area (Å²) in [4.78, 5) is 36.4. The molecule has 224 valence electrons. The molecule has 0 radical (unpaired) electrons. The van der Waals surface area contributed by atoms with Gasteiger partial charge in [0, 0.05) is 30.4 Å². The molecule has 0 aliphatic carbocycles. The lowest BCUT2D eigenvalue weighted by Crippen LogP contribution is -2.43. The van der Waals surface area contributed by atoms with E-state index in [1.165, 1.54) is 0 Å². The first-order valence-electron chi connectivity index (χ1n) is 13.8. The summed E-state index contributed by atoms with van der Waals surface area (Å²) in [5, 5.41) is 19.8. The number of hydrogen-bond donors (Lipinski definition) is 4. The molecule has 3 atom stereocenters. The zero-order valence-corrected chi connectivity index (χ0v) is 25.5. The van der Waals surface area contributed by atoms with Crippen molar-refractivity contribution >= 4 is 25.4 Å². The number of carbonyl (C=O) groups is 3. The van der Waals surface area contributed by atoms with E-state index in [-0.39, 0.29) is 37.3 Å². The maximum atomic E-state index is 13.7. The first-order chi connectivity index (χ1) is 18.9. The van der Waals surface area contributed by atoms with Crippen molar-refractivity contribution in [3.8, 4) is 5.75 Å². The molecule has 0 aromatic heterocycles. The smallest absolute Gasteiger partial charge is 0.342 e. The predicted octanol–water partition coefficient (Wildman–Crippen LogP) is 3.29. The Morgan fingerprint density at radius 1 is 1.07 bits per heavy atom. The molecule has 0 spiro atoms. The van der Waals surface area contributed by atoms with Crippen LogP contribution in [0.3, 0.4) is 0 Å². The number of benzene rings is 1. The van der Waals surface area contributed by atoms with Crippen LogP contribution in [-0.2, 0) is 47.8 Å². The quantitative estimate of drug-likeness (QED) is 0.0748. The number of hydrogen-bond acceptors (Lipinski definition) is 9. The number of esters is 3. The maximum Gasteiger partial charge on any atom is 0.342 e. The van der Waals surface area contributed by atoms with Crippen LogP contribution in [0, 0.1) is 6.92 Å². The first-order valence-corrected chi connectivity index (χ1v) is 15.7. The largest absolute Gasteiger partial charge is 0.507 e. The minimum Gasteiger partial charge on any atom is -0.507 e. The van der Waals surface area contributed by atoms with Crippen LogP contribution in [0.5, 0.6) is 5.75 Å². The van der Waals surface area contributed by atoms with E-state index in [4.69, 9.17) is 14.2 Å². The van der Waals surface area contributed by atoms with Crippen molar-refractivity contribution in [2.45, 2.75) is 80.0 Å². The summed E-state index contributed by atoms with van der Waals surface area (Å²) in [6, 6.07) is -1.69. The number of fused-ring (bicyclic) bond motifs is 1. The number of nitrogens with one attached hydrogen (secondary N) is 3. The highest BCUT2D eigenvalue weighted by atomic mass is 31.2. The fraction of sp³-hybridized carbons (Fsp3) is 0.607. The van der Waals surface area contributed by atoms with Crippen molar-refractivity contribution in [1.82, 2.24) is 15.5 Å². The Labute approximate surface area is 236 Å². The highest BCUT2D eigenvalue weighted by Crippen LogP contribution is 2.39. The minimum absolute atomic E-state index is 0.0125. The van der Waals surface area contributed by atoms with Gasteiger partial charge >= 0.3 is 17.9 Å². The number of rotatable bonds is 16. The number of allylic oxidation sites excluding steroid dienone is 1. The molecule has 0 bridgehead atoms. The summed E-state index contributed by atoms with van der Waals surface area (Å²) >= 11 is 0. The van der Waals surface area contributed by atoms with E-state index in [2.05, 4.69) is 15.5 Å². The van der Waals surface area contributed by atoms with Gasteiger partial charge in [-0.3, -0.25) is 14.2 Å². The lowest BCUT2D eigenvalue weighted by molar-refractivity contribution is -0.145. The van der Waals surface area contributed by atoms with Gasteiger partial charge in [-0.1, -0.05) is 18.6 Å². The summed E-state index contributed by atoms with van der Waals surface area (Å²) in [5.74, 6) is -1.58. The van der Waals surface area contributed by atoms with Crippen molar-refractivity contribution in [3.05, 3.63) is 39.5 Å². The van der Waals surface area contributed by atoms with Crippen molar-refractivity contribution in [2.24, 2.45) is 0 Å². The molecule has 1 unspecified atom stereocenters. The molecule has 1 aliphatic rings. The fourth-order valence-electron chi connectivity index (χ4n) is 4.64. The lowest BCUT2D eigenvalue weighted by atomic mass is 9.89. The van der Waals surface area contributed by atoms with Gasteiger partial charge in [0.1, 0.15) is 30.0 Å². The van der Waals surface area contributed by atoms with Crippen molar-refractivity contribution in [2.75, 3.05) is 32.5 Å². The van der Waals surface area contributed by atoms with Crippen LogP contribution in [0.4, 0.5) is 0 Å². The van der Waals surface area contributed by atoms with Crippen molar-refractivity contribution in [3.63, 3.8) is 0 Å². The van der Waals surface area contributed by atoms with Crippen LogP contribution in [0.2, 0.25) is 0 Å². The lowest BCUT2D eigenvalue weighted by Gasteiger charge is -2.26. The third kappa shape index (κ3) is 8.64. The zero-order chi connectivity index (χ0) is 30.0. The summed E-state index contributed by atoms with van der Waals surface area (Å²) in [6.45, 7) is 13.8. The molecule has 1 heterocycles. The van der Waals surface area contributed by atoms with Crippen molar-refractivity contribution < 1.29 is 38.3 Å². The average molecular weight is 582 g/mol. The Hall–Kier alpha value is -2.72. The summed E-state index contributed by atoms with van der Waals surface area (Å²) in [5.41, 5.74) is 4.71. The molecule has 0 fully saturated rings.